The van der Waals surface area contributed by atoms with Crippen LogP contribution in [0.1, 0.15) is 24.2 Å². The molecular formula is C15H17NO3. The van der Waals surface area contributed by atoms with Crippen LogP contribution < -0.4 is 5.32 Å². The van der Waals surface area contributed by atoms with Crippen molar-refractivity contribution in [3.05, 3.63) is 59.3 Å². The van der Waals surface area contributed by atoms with Crippen molar-refractivity contribution in [3.8, 4) is 0 Å². The normalized spacial score (nSPS) is 10.6. The second-order valence-electron chi connectivity index (χ2n) is 4.14. The van der Waals surface area contributed by atoms with Gasteiger partial charge in [-0.3, -0.25) is 4.79 Å². The molecule has 4 heteroatoms. The summed E-state index contributed by atoms with van der Waals surface area (Å²) in [6.45, 7) is 3.79. The van der Waals surface area contributed by atoms with Gasteiger partial charge in [-0.2, -0.15) is 0 Å². The van der Waals surface area contributed by atoms with Crippen LogP contribution in [0, 0.1) is 0 Å². The van der Waals surface area contributed by atoms with Crippen LogP contribution in [0.25, 0.3) is 0 Å². The number of benzene rings is 1. The number of hydrogen-bond donors (Lipinski definition) is 1. The lowest BCUT2D eigenvalue weighted by atomic mass is 10.2. The van der Waals surface area contributed by atoms with Gasteiger partial charge in [-0.1, -0.05) is 29.8 Å². The predicted molar refractivity (Wildman–Crippen MR) is 73.4 cm³/mol. The van der Waals surface area contributed by atoms with E-state index in [4.69, 9.17) is 0 Å². The Bertz CT molecular complexity index is 511. The number of esters is 1. The first-order valence-corrected chi connectivity index (χ1v) is 5.84. The van der Waals surface area contributed by atoms with E-state index >= 15 is 0 Å². The number of nitrogens with one attached hydrogen (secondary N) is 1. The van der Waals surface area contributed by atoms with Crippen molar-refractivity contribution in [2.24, 2.45) is 0 Å². The summed E-state index contributed by atoms with van der Waals surface area (Å²) in [6.07, 6.45) is 3.26. The fourth-order valence-corrected chi connectivity index (χ4v) is 1.30. The number of ether oxygens (including phenoxy) is 1. The second kappa shape index (κ2) is 7.16. The van der Waals surface area contributed by atoms with E-state index in [1.54, 1.807) is 30.3 Å². The Labute approximate surface area is 112 Å². The minimum Gasteiger partial charge on any atom is -0.464 e. The fraction of sp³-hybridized carbons (Fsp3) is 0.200. The molecule has 19 heavy (non-hydrogen) atoms. The van der Waals surface area contributed by atoms with Gasteiger partial charge in [-0.15, -0.1) is 0 Å². The van der Waals surface area contributed by atoms with Gasteiger partial charge < -0.3 is 10.1 Å². The molecule has 0 heterocycles. The van der Waals surface area contributed by atoms with E-state index in [0.717, 1.165) is 5.57 Å². The van der Waals surface area contributed by atoms with Gasteiger partial charge in [0.05, 0.1) is 7.11 Å². The van der Waals surface area contributed by atoms with Crippen LogP contribution in [0.5, 0.6) is 0 Å². The maximum Gasteiger partial charge on any atom is 0.354 e. The average Bonchev–Trinajstić information content (AvgIpc) is 2.43. The Hall–Kier alpha value is -2.36. The Morgan fingerprint density at radius 3 is 2.26 bits per heavy atom. The van der Waals surface area contributed by atoms with Gasteiger partial charge in [-0.05, 0) is 32.1 Å². The summed E-state index contributed by atoms with van der Waals surface area (Å²) in [5, 5.41) is 2.54. The number of allylic oxidation sites excluding steroid dienone is 3. The third-order valence-corrected chi connectivity index (χ3v) is 2.27. The maximum atomic E-state index is 11.9. The molecule has 0 spiro atoms. The van der Waals surface area contributed by atoms with Gasteiger partial charge in [0.25, 0.3) is 5.91 Å². The van der Waals surface area contributed by atoms with Gasteiger partial charge in [0.15, 0.2) is 0 Å². The van der Waals surface area contributed by atoms with Crippen molar-refractivity contribution in [3.63, 3.8) is 0 Å². The Kier molecular flexibility index (Phi) is 5.54. The molecule has 4 nitrogen and oxygen atoms in total. The molecule has 0 unspecified atom stereocenters. The van der Waals surface area contributed by atoms with Crippen LogP contribution in [0.2, 0.25) is 0 Å². The lowest BCUT2D eigenvalue weighted by Crippen LogP contribution is -2.28. The summed E-state index contributed by atoms with van der Waals surface area (Å²) in [5.41, 5.74) is 1.60. The van der Waals surface area contributed by atoms with E-state index < -0.39 is 5.97 Å². The molecule has 0 fully saturated rings. The zero-order chi connectivity index (χ0) is 14.3. The zero-order valence-electron chi connectivity index (χ0n) is 11.3. The monoisotopic (exact) mass is 259 g/mol. The fourth-order valence-electron chi connectivity index (χ4n) is 1.30. The maximum absolute atomic E-state index is 11.9. The highest BCUT2D eigenvalue weighted by Crippen LogP contribution is 2.02. The van der Waals surface area contributed by atoms with Crippen molar-refractivity contribution >= 4 is 11.9 Å². The van der Waals surface area contributed by atoms with Gasteiger partial charge >= 0.3 is 5.97 Å². The number of hydrogen-bond acceptors (Lipinski definition) is 3. The third kappa shape index (κ3) is 4.79. The SMILES string of the molecule is COC(=O)/C(=C\C=C(C)C)NC(=O)c1ccccc1. The summed E-state index contributed by atoms with van der Waals surface area (Å²) in [7, 11) is 1.27. The number of carbonyl (C=O) groups is 2. The topological polar surface area (TPSA) is 55.4 Å². The first-order chi connectivity index (χ1) is 9.04. The van der Waals surface area contributed by atoms with Crippen LogP contribution in [0.4, 0.5) is 0 Å². The summed E-state index contributed by atoms with van der Waals surface area (Å²) in [5.74, 6) is -0.929. The molecule has 0 saturated carbocycles. The third-order valence-electron chi connectivity index (χ3n) is 2.27. The van der Waals surface area contributed by atoms with Gasteiger partial charge in [0.2, 0.25) is 0 Å². The minimum absolute atomic E-state index is 0.109. The minimum atomic E-state index is -0.582. The molecule has 0 bridgehead atoms. The first kappa shape index (κ1) is 14.7. The summed E-state index contributed by atoms with van der Waals surface area (Å²) >= 11 is 0. The van der Waals surface area contributed by atoms with Crippen molar-refractivity contribution in [1.82, 2.24) is 5.32 Å². The lowest BCUT2D eigenvalue weighted by molar-refractivity contribution is -0.136. The number of rotatable bonds is 4. The molecule has 1 N–H and O–H groups in total. The molecule has 0 aromatic heterocycles. The molecule has 0 atom stereocenters. The van der Waals surface area contributed by atoms with Crippen LogP contribution in [-0.2, 0) is 9.53 Å². The highest BCUT2D eigenvalue weighted by atomic mass is 16.5. The van der Waals surface area contributed by atoms with E-state index in [2.05, 4.69) is 10.1 Å². The summed E-state index contributed by atoms with van der Waals surface area (Å²) in [4.78, 5) is 23.5. The Morgan fingerprint density at radius 2 is 1.74 bits per heavy atom. The van der Waals surface area contributed by atoms with Crippen molar-refractivity contribution in [1.29, 1.82) is 0 Å². The largest absolute Gasteiger partial charge is 0.464 e. The van der Waals surface area contributed by atoms with Gasteiger partial charge in [0, 0.05) is 5.56 Å². The van der Waals surface area contributed by atoms with E-state index in [-0.39, 0.29) is 11.6 Å². The molecule has 1 rings (SSSR count). The van der Waals surface area contributed by atoms with E-state index in [1.807, 2.05) is 19.9 Å². The Balaban J connectivity index is 2.90. The molecular weight excluding hydrogens is 242 g/mol. The highest BCUT2D eigenvalue weighted by Gasteiger charge is 2.13. The molecule has 1 amide bonds. The molecule has 1 aromatic rings. The number of carbonyl (C=O) groups excluding carboxylic acids is 2. The van der Waals surface area contributed by atoms with Crippen molar-refractivity contribution in [2.45, 2.75) is 13.8 Å². The molecule has 0 radical (unpaired) electrons. The molecule has 0 aliphatic heterocycles. The standard InChI is InChI=1S/C15H17NO3/c1-11(2)9-10-13(15(18)19-3)16-14(17)12-7-5-4-6-8-12/h4-10H,1-3H3,(H,16,17)/b13-10+. The summed E-state index contributed by atoms with van der Waals surface area (Å²) < 4.78 is 4.63. The van der Waals surface area contributed by atoms with Crippen molar-refractivity contribution < 1.29 is 14.3 Å². The lowest BCUT2D eigenvalue weighted by Gasteiger charge is -2.07. The van der Waals surface area contributed by atoms with Crippen LogP contribution in [0.15, 0.2) is 53.8 Å². The van der Waals surface area contributed by atoms with Crippen LogP contribution in [0.3, 0.4) is 0 Å². The van der Waals surface area contributed by atoms with E-state index in [0.29, 0.717) is 5.56 Å². The molecule has 0 saturated heterocycles. The van der Waals surface area contributed by atoms with Gasteiger partial charge in [-0.25, -0.2) is 4.79 Å². The molecule has 0 aliphatic rings. The van der Waals surface area contributed by atoms with E-state index in [9.17, 15) is 9.59 Å². The van der Waals surface area contributed by atoms with Crippen molar-refractivity contribution in [2.75, 3.05) is 7.11 Å². The van der Waals surface area contributed by atoms with Gasteiger partial charge in [0.1, 0.15) is 5.70 Å². The highest BCUT2D eigenvalue weighted by molar-refractivity contribution is 6.01. The first-order valence-electron chi connectivity index (χ1n) is 5.84. The predicted octanol–water partition coefficient (Wildman–Crippen LogP) is 2.44. The van der Waals surface area contributed by atoms with Crippen LogP contribution in [-0.4, -0.2) is 19.0 Å². The average molecular weight is 259 g/mol. The van der Waals surface area contributed by atoms with Crippen LogP contribution >= 0.6 is 0 Å². The second-order valence-corrected chi connectivity index (χ2v) is 4.14. The number of amides is 1. The molecule has 100 valence electrons. The molecule has 0 aliphatic carbocycles. The number of methoxy groups -OCH3 is 1. The Morgan fingerprint density at radius 1 is 1.11 bits per heavy atom. The molecule has 1 aromatic carbocycles. The van der Waals surface area contributed by atoms with E-state index in [1.165, 1.54) is 13.2 Å². The quantitative estimate of drug-likeness (QED) is 0.513. The zero-order valence-corrected chi connectivity index (χ0v) is 11.3. The smallest absolute Gasteiger partial charge is 0.354 e. The summed E-state index contributed by atoms with van der Waals surface area (Å²) in [6, 6.07) is 8.67.